The Kier molecular flexibility index (Phi) is 4.20. The van der Waals surface area contributed by atoms with Gasteiger partial charge >= 0.3 is 0 Å². The monoisotopic (exact) mass is 415 g/mol. The van der Waals surface area contributed by atoms with Crippen molar-refractivity contribution >= 4 is 17.4 Å². The van der Waals surface area contributed by atoms with E-state index in [0.29, 0.717) is 29.9 Å². The van der Waals surface area contributed by atoms with Crippen LogP contribution >= 0.6 is 0 Å². The lowest BCUT2D eigenvalue weighted by molar-refractivity contribution is -0.154. The number of para-hydroxylation sites is 1. The van der Waals surface area contributed by atoms with Crippen molar-refractivity contribution < 1.29 is 14.7 Å². The maximum absolute atomic E-state index is 13.7. The largest absolute Gasteiger partial charge is 0.375 e. The Morgan fingerprint density at radius 1 is 0.903 bits per heavy atom. The summed E-state index contributed by atoms with van der Waals surface area (Å²) >= 11 is 0. The lowest BCUT2D eigenvalue weighted by Gasteiger charge is -2.56. The molecule has 4 heteroatoms. The zero-order valence-corrected chi connectivity index (χ0v) is 17.8. The number of carbonyl (C=O) groups excluding carboxylic acids is 2. The highest BCUT2D eigenvalue weighted by atomic mass is 16.3. The average molecular weight is 416 g/mol. The van der Waals surface area contributed by atoms with Crippen LogP contribution in [0.25, 0.3) is 0 Å². The van der Waals surface area contributed by atoms with Crippen LogP contribution < -0.4 is 4.90 Å². The summed E-state index contributed by atoms with van der Waals surface area (Å²) in [5.74, 6) is 1.72. The van der Waals surface area contributed by atoms with Gasteiger partial charge in [-0.25, -0.2) is 0 Å². The zero-order valence-electron chi connectivity index (χ0n) is 17.8. The Morgan fingerprint density at radius 3 is 2.13 bits per heavy atom. The first-order valence-corrected chi connectivity index (χ1v) is 11.7. The van der Waals surface area contributed by atoms with Crippen molar-refractivity contribution in [3.8, 4) is 0 Å². The van der Waals surface area contributed by atoms with Gasteiger partial charge in [-0.05, 0) is 67.9 Å². The van der Waals surface area contributed by atoms with Crippen LogP contribution in [0.4, 0.5) is 5.69 Å². The van der Waals surface area contributed by atoms with Crippen molar-refractivity contribution in [1.29, 1.82) is 0 Å². The standard InChI is InChI=1S/C27H29NO3/c29-24(26-13-19-10-20(14-26)12-21(11-19)15-26)16-27(31)22-8-4-5-9-23(22)28(25(27)30)17-18-6-2-1-3-7-18/h1-9,19-21,31H,10-17H2/t19?,20?,21?,26?,27-/m0/s1. The van der Waals surface area contributed by atoms with Crippen molar-refractivity contribution in [1.82, 2.24) is 0 Å². The zero-order chi connectivity index (χ0) is 21.2. The Hall–Kier alpha value is -2.46. The van der Waals surface area contributed by atoms with Crippen LogP contribution in [0.15, 0.2) is 54.6 Å². The number of nitrogens with zero attached hydrogens (tertiary/aromatic N) is 1. The van der Waals surface area contributed by atoms with Crippen LogP contribution in [-0.2, 0) is 21.7 Å². The smallest absolute Gasteiger partial charge is 0.264 e. The molecule has 0 radical (unpaired) electrons. The summed E-state index contributed by atoms with van der Waals surface area (Å²) in [7, 11) is 0. The molecule has 0 aromatic heterocycles. The number of amides is 1. The Morgan fingerprint density at radius 2 is 1.48 bits per heavy atom. The highest BCUT2D eigenvalue weighted by Gasteiger charge is 2.58. The van der Waals surface area contributed by atoms with Gasteiger partial charge in [0, 0.05) is 17.4 Å². The third-order valence-corrected chi connectivity index (χ3v) is 8.47. The first kappa shape index (κ1) is 19.2. The number of hydrogen-bond acceptors (Lipinski definition) is 3. The summed E-state index contributed by atoms with van der Waals surface area (Å²) in [5, 5.41) is 11.7. The topological polar surface area (TPSA) is 57.6 Å². The minimum absolute atomic E-state index is 0.0969. The van der Waals surface area contributed by atoms with Gasteiger partial charge in [0.25, 0.3) is 5.91 Å². The number of rotatable bonds is 5. The molecule has 1 amide bonds. The second-order valence-corrected chi connectivity index (χ2v) is 10.6. The minimum Gasteiger partial charge on any atom is -0.375 e. The second kappa shape index (κ2) is 6.77. The highest BCUT2D eigenvalue weighted by Crippen LogP contribution is 2.61. The predicted octanol–water partition coefficient (Wildman–Crippen LogP) is 4.60. The maximum atomic E-state index is 13.7. The van der Waals surface area contributed by atoms with Crippen molar-refractivity contribution in [2.75, 3.05) is 4.90 Å². The molecule has 4 saturated carbocycles. The number of benzene rings is 2. The molecule has 160 valence electrons. The number of aliphatic hydroxyl groups is 1. The fourth-order valence-electron chi connectivity index (χ4n) is 7.47. The summed E-state index contributed by atoms with van der Waals surface area (Å²) in [6, 6.07) is 17.2. The van der Waals surface area contributed by atoms with Crippen molar-refractivity contribution in [3.05, 3.63) is 65.7 Å². The van der Waals surface area contributed by atoms with E-state index in [1.54, 1.807) is 4.90 Å². The molecule has 1 heterocycles. The summed E-state index contributed by atoms with van der Waals surface area (Å²) in [4.78, 5) is 29.0. The number of Topliss-reactive ketones (excluding diaryl/α,β-unsaturated/α-hetero) is 1. The maximum Gasteiger partial charge on any atom is 0.264 e. The molecule has 1 N–H and O–H groups in total. The predicted molar refractivity (Wildman–Crippen MR) is 118 cm³/mol. The van der Waals surface area contributed by atoms with Crippen molar-refractivity contribution in [2.45, 2.75) is 57.1 Å². The molecule has 0 unspecified atom stereocenters. The number of carbonyl (C=O) groups is 2. The summed E-state index contributed by atoms with van der Waals surface area (Å²) < 4.78 is 0. The van der Waals surface area contributed by atoms with Crippen LogP contribution in [0.3, 0.4) is 0 Å². The van der Waals surface area contributed by atoms with E-state index in [0.717, 1.165) is 30.5 Å². The molecule has 1 atom stereocenters. The molecule has 2 aromatic carbocycles. The quantitative estimate of drug-likeness (QED) is 0.777. The normalized spacial score (nSPS) is 35.5. The van der Waals surface area contributed by atoms with E-state index in [1.165, 1.54) is 19.3 Å². The van der Waals surface area contributed by atoms with E-state index in [1.807, 2.05) is 54.6 Å². The van der Waals surface area contributed by atoms with Gasteiger partial charge in [0.05, 0.1) is 12.2 Å². The first-order valence-electron chi connectivity index (χ1n) is 11.7. The summed E-state index contributed by atoms with van der Waals surface area (Å²) in [5.41, 5.74) is 0.228. The van der Waals surface area contributed by atoms with E-state index >= 15 is 0 Å². The number of ketones is 1. The van der Waals surface area contributed by atoms with Crippen molar-refractivity contribution in [3.63, 3.8) is 0 Å². The lowest BCUT2D eigenvalue weighted by Crippen LogP contribution is -2.52. The molecular formula is C27H29NO3. The fraction of sp³-hybridized carbons (Fsp3) is 0.481. The Labute approximate surface area is 183 Å². The number of hydrogen-bond donors (Lipinski definition) is 1. The second-order valence-electron chi connectivity index (χ2n) is 10.6. The molecule has 2 aromatic rings. The van der Waals surface area contributed by atoms with Gasteiger partial charge in [0.15, 0.2) is 5.60 Å². The van der Waals surface area contributed by atoms with Gasteiger partial charge < -0.3 is 10.0 Å². The summed E-state index contributed by atoms with van der Waals surface area (Å²) in [6.07, 6.45) is 6.57. The lowest BCUT2D eigenvalue weighted by atomic mass is 9.48. The van der Waals surface area contributed by atoms with Gasteiger partial charge in [0.2, 0.25) is 0 Å². The molecule has 4 fully saturated rings. The summed E-state index contributed by atoms with van der Waals surface area (Å²) in [6.45, 7) is 0.393. The van der Waals surface area contributed by atoms with E-state index in [2.05, 4.69) is 0 Å². The van der Waals surface area contributed by atoms with Gasteiger partial charge in [-0.3, -0.25) is 9.59 Å². The van der Waals surface area contributed by atoms with Crippen LogP contribution in [0.1, 0.15) is 56.1 Å². The van der Waals surface area contributed by atoms with E-state index in [9.17, 15) is 14.7 Å². The third-order valence-electron chi connectivity index (χ3n) is 8.47. The molecule has 5 aliphatic rings. The third kappa shape index (κ3) is 2.91. The number of anilines is 1. The molecule has 0 saturated heterocycles. The van der Waals surface area contributed by atoms with Crippen LogP contribution in [0, 0.1) is 23.2 Å². The minimum atomic E-state index is -1.76. The number of fused-ring (bicyclic) bond motifs is 1. The molecule has 31 heavy (non-hydrogen) atoms. The Bertz CT molecular complexity index is 1010. The highest BCUT2D eigenvalue weighted by molar-refractivity contribution is 6.09. The molecule has 4 nitrogen and oxygen atoms in total. The molecule has 1 aliphatic heterocycles. The molecule has 0 spiro atoms. The van der Waals surface area contributed by atoms with Gasteiger partial charge in [-0.2, -0.15) is 0 Å². The van der Waals surface area contributed by atoms with E-state index in [-0.39, 0.29) is 23.5 Å². The molecular weight excluding hydrogens is 386 g/mol. The first-order chi connectivity index (χ1) is 15.0. The van der Waals surface area contributed by atoms with E-state index < -0.39 is 5.60 Å². The van der Waals surface area contributed by atoms with Gasteiger partial charge in [0.1, 0.15) is 5.78 Å². The van der Waals surface area contributed by atoms with E-state index in [4.69, 9.17) is 0 Å². The molecule has 7 rings (SSSR count). The fourth-order valence-corrected chi connectivity index (χ4v) is 7.47. The van der Waals surface area contributed by atoms with Crippen LogP contribution in [0.2, 0.25) is 0 Å². The molecule has 4 aliphatic carbocycles. The Balaban J connectivity index is 1.32. The van der Waals surface area contributed by atoms with Crippen LogP contribution in [-0.4, -0.2) is 16.8 Å². The van der Waals surface area contributed by atoms with Gasteiger partial charge in [-0.15, -0.1) is 0 Å². The van der Waals surface area contributed by atoms with Crippen molar-refractivity contribution in [2.24, 2.45) is 23.2 Å². The SMILES string of the molecule is O=C(C[C@@]1(O)C(=O)N(Cc2ccccc2)c2ccccc21)C12CC3CC(CC(C3)C1)C2. The average Bonchev–Trinajstić information content (AvgIpc) is 2.96. The van der Waals surface area contributed by atoms with Crippen LogP contribution in [0.5, 0.6) is 0 Å². The van der Waals surface area contributed by atoms with Gasteiger partial charge in [-0.1, -0.05) is 48.5 Å². The molecule has 4 bridgehead atoms.